The highest BCUT2D eigenvalue weighted by molar-refractivity contribution is 5.86. The van der Waals surface area contributed by atoms with Gasteiger partial charge < -0.3 is 20.9 Å². The number of nitrogens with two attached hydrogens (primary N) is 1. The van der Waals surface area contributed by atoms with Gasteiger partial charge in [0.05, 0.1) is 6.42 Å². The monoisotopic (exact) mass is 236 g/mol. The van der Waals surface area contributed by atoms with Gasteiger partial charge in [-0.25, -0.2) is 4.79 Å². The lowest BCUT2D eigenvalue weighted by Gasteiger charge is -1.92. The third-order valence-electron chi connectivity index (χ3n) is 2.02. The second-order valence-corrected chi connectivity index (χ2v) is 3.27. The zero-order chi connectivity index (χ0) is 12.8. The van der Waals surface area contributed by atoms with Crippen LogP contribution in [0.1, 0.15) is 5.56 Å². The van der Waals surface area contributed by atoms with Crippen LogP contribution < -0.4 is 5.73 Å². The Morgan fingerprint density at radius 2 is 1.82 bits per heavy atom. The fraction of sp³-hybridized carbons (Fsp3) is 0.0909. The minimum absolute atomic E-state index is 0.0734. The Morgan fingerprint density at radius 3 is 2.41 bits per heavy atom. The van der Waals surface area contributed by atoms with E-state index < -0.39 is 12.1 Å². The molecule has 0 saturated heterocycles. The number of rotatable bonds is 2. The van der Waals surface area contributed by atoms with Gasteiger partial charge in [0.15, 0.2) is 0 Å². The number of hydrogen-bond acceptors (Lipinski definition) is 2. The highest BCUT2D eigenvalue weighted by atomic mass is 16.4. The van der Waals surface area contributed by atoms with Gasteiger partial charge in [-0.2, -0.15) is 0 Å². The standard InChI is InChI=1S/C10H9NO2.CH3NO2/c12-10(13)5-7-6-11-9-4-2-1-3-8(7)9;2-1(3)4/h1-4,6,11H,5H2,(H,12,13);2H2,(H,3,4). The van der Waals surface area contributed by atoms with Gasteiger partial charge in [0, 0.05) is 17.1 Å². The number of carboxylic acids is 1. The number of aromatic nitrogens is 1. The smallest absolute Gasteiger partial charge is 0.402 e. The molecule has 90 valence electrons. The number of para-hydroxylation sites is 1. The van der Waals surface area contributed by atoms with Crippen LogP contribution in [0.2, 0.25) is 0 Å². The molecule has 1 aromatic heterocycles. The maximum absolute atomic E-state index is 10.5. The number of hydrogen-bond donors (Lipinski definition) is 4. The Bertz CT molecular complexity index is 529. The van der Waals surface area contributed by atoms with E-state index in [9.17, 15) is 4.79 Å². The lowest BCUT2D eigenvalue weighted by atomic mass is 10.1. The van der Waals surface area contributed by atoms with Crippen LogP contribution in [0.3, 0.4) is 0 Å². The van der Waals surface area contributed by atoms with Crippen molar-refractivity contribution in [3.05, 3.63) is 36.0 Å². The molecule has 0 aliphatic rings. The van der Waals surface area contributed by atoms with Gasteiger partial charge in [-0.15, -0.1) is 0 Å². The number of carboxylic acid groups (broad SMARTS) is 2. The quantitative estimate of drug-likeness (QED) is 0.630. The van der Waals surface area contributed by atoms with Crippen LogP contribution >= 0.6 is 0 Å². The number of primary amides is 1. The lowest BCUT2D eigenvalue weighted by molar-refractivity contribution is -0.136. The number of H-pyrrole nitrogens is 1. The Hall–Kier alpha value is -2.50. The van der Waals surface area contributed by atoms with Crippen LogP contribution in [0, 0.1) is 0 Å². The van der Waals surface area contributed by atoms with Crippen LogP contribution in [0.15, 0.2) is 30.5 Å². The van der Waals surface area contributed by atoms with Gasteiger partial charge in [-0.3, -0.25) is 4.79 Å². The predicted molar refractivity (Wildman–Crippen MR) is 61.9 cm³/mol. The van der Waals surface area contributed by atoms with Crippen molar-refractivity contribution in [2.45, 2.75) is 6.42 Å². The number of benzene rings is 1. The summed E-state index contributed by atoms with van der Waals surface area (Å²) in [7, 11) is 0. The Labute approximate surface area is 96.7 Å². The molecule has 1 amide bonds. The third kappa shape index (κ3) is 3.86. The second-order valence-electron chi connectivity index (χ2n) is 3.27. The van der Waals surface area contributed by atoms with Crippen molar-refractivity contribution in [3.63, 3.8) is 0 Å². The van der Waals surface area contributed by atoms with Crippen molar-refractivity contribution in [2.24, 2.45) is 5.73 Å². The summed E-state index contributed by atoms with van der Waals surface area (Å²) in [6.07, 6.45) is 0.489. The molecule has 1 heterocycles. The minimum Gasteiger partial charge on any atom is -0.481 e. The summed E-state index contributed by atoms with van der Waals surface area (Å²) < 4.78 is 0. The molecule has 6 nitrogen and oxygen atoms in total. The molecule has 0 aliphatic carbocycles. The Balaban J connectivity index is 0.000000317. The molecule has 0 aliphatic heterocycles. The van der Waals surface area contributed by atoms with Gasteiger partial charge >= 0.3 is 12.1 Å². The van der Waals surface area contributed by atoms with E-state index in [0.29, 0.717) is 0 Å². The third-order valence-corrected chi connectivity index (χ3v) is 2.02. The maximum atomic E-state index is 10.5. The fourth-order valence-corrected chi connectivity index (χ4v) is 1.44. The van der Waals surface area contributed by atoms with E-state index in [-0.39, 0.29) is 6.42 Å². The summed E-state index contributed by atoms with van der Waals surface area (Å²) >= 11 is 0. The summed E-state index contributed by atoms with van der Waals surface area (Å²) in [6, 6.07) is 7.68. The largest absolute Gasteiger partial charge is 0.481 e. The van der Waals surface area contributed by atoms with Gasteiger partial charge in [0.25, 0.3) is 0 Å². The number of carbonyl (C=O) groups is 2. The predicted octanol–water partition coefficient (Wildman–Crippen LogP) is 1.42. The highest BCUT2D eigenvalue weighted by Gasteiger charge is 2.05. The molecular formula is C11H12N2O4. The van der Waals surface area contributed by atoms with E-state index in [2.05, 4.69) is 10.7 Å². The molecular weight excluding hydrogens is 224 g/mol. The molecule has 0 bridgehead atoms. The summed E-state index contributed by atoms with van der Waals surface area (Å²) in [5, 5.41) is 16.8. The average molecular weight is 236 g/mol. The first-order valence-corrected chi connectivity index (χ1v) is 4.76. The van der Waals surface area contributed by atoms with Crippen LogP contribution in [-0.4, -0.2) is 27.3 Å². The van der Waals surface area contributed by atoms with Gasteiger partial charge in [-0.05, 0) is 11.6 Å². The molecule has 0 fully saturated rings. The summed E-state index contributed by atoms with van der Waals surface area (Å²) in [5.41, 5.74) is 5.85. The molecule has 17 heavy (non-hydrogen) atoms. The summed E-state index contributed by atoms with van der Waals surface area (Å²) in [6.45, 7) is 0. The average Bonchev–Trinajstić information content (AvgIpc) is 2.60. The molecule has 5 N–H and O–H groups in total. The molecule has 0 unspecified atom stereocenters. The molecule has 6 heteroatoms. The van der Waals surface area contributed by atoms with E-state index in [4.69, 9.17) is 15.0 Å². The number of aromatic amines is 1. The zero-order valence-electron chi connectivity index (χ0n) is 8.88. The first-order chi connectivity index (χ1) is 8.00. The molecule has 2 rings (SSSR count). The van der Waals surface area contributed by atoms with Crippen molar-refractivity contribution in [1.29, 1.82) is 0 Å². The van der Waals surface area contributed by atoms with Crippen molar-refractivity contribution in [1.82, 2.24) is 4.98 Å². The van der Waals surface area contributed by atoms with E-state index in [1.807, 2.05) is 24.3 Å². The highest BCUT2D eigenvalue weighted by Crippen LogP contribution is 2.17. The van der Waals surface area contributed by atoms with Crippen LogP contribution in [0.25, 0.3) is 10.9 Å². The lowest BCUT2D eigenvalue weighted by Crippen LogP contribution is -2.03. The van der Waals surface area contributed by atoms with Crippen molar-refractivity contribution in [2.75, 3.05) is 0 Å². The van der Waals surface area contributed by atoms with Gasteiger partial charge in [0.1, 0.15) is 0 Å². The topological polar surface area (TPSA) is 116 Å². The normalized spacial score (nSPS) is 9.41. The Morgan fingerprint density at radius 1 is 1.24 bits per heavy atom. The van der Waals surface area contributed by atoms with Crippen LogP contribution in [0.4, 0.5) is 4.79 Å². The number of fused-ring (bicyclic) bond motifs is 1. The SMILES string of the molecule is NC(=O)O.O=C(O)Cc1c[nH]c2ccccc12. The number of amides is 1. The molecule has 0 atom stereocenters. The number of aliphatic carboxylic acids is 1. The first kappa shape index (κ1) is 12.6. The second kappa shape index (κ2) is 5.55. The van der Waals surface area contributed by atoms with Crippen molar-refractivity contribution < 1.29 is 19.8 Å². The van der Waals surface area contributed by atoms with E-state index >= 15 is 0 Å². The van der Waals surface area contributed by atoms with Crippen LogP contribution in [0.5, 0.6) is 0 Å². The van der Waals surface area contributed by atoms with E-state index in [1.165, 1.54) is 0 Å². The summed E-state index contributed by atoms with van der Waals surface area (Å²) in [5.74, 6) is -0.801. The molecule has 0 saturated carbocycles. The minimum atomic E-state index is -1.33. The van der Waals surface area contributed by atoms with E-state index in [0.717, 1.165) is 16.5 Å². The van der Waals surface area contributed by atoms with Gasteiger partial charge in [-0.1, -0.05) is 18.2 Å². The first-order valence-electron chi connectivity index (χ1n) is 4.76. The molecule has 0 radical (unpaired) electrons. The van der Waals surface area contributed by atoms with Gasteiger partial charge in [0.2, 0.25) is 0 Å². The summed E-state index contributed by atoms with van der Waals surface area (Å²) in [4.78, 5) is 22.3. The molecule has 0 spiro atoms. The Kier molecular flexibility index (Phi) is 4.10. The van der Waals surface area contributed by atoms with Crippen LogP contribution in [-0.2, 0) is 11.2 Å². The maximum Gasteiger partial charge on any atom is 0.402 e. The van der Waals surface area contributed by atoms with E-state index in [1.54, 1.807) is 6.20 Å². The fourth-order valence-electron chi connectivity index (χ4n) is 1.44. The van der Waals surface area contributed by atoms with Crippen molar-refractivity contribution >= 4 is 23.0 Å². The molecule has 2 aromatic rings. The number of nitrogens with one attached hydrogen (secondary N) is 1. The zero-order valence-corrected chi connectivity index (χ0v) is 8.88. The van der Waals surface area contributed by atoms with Crippen molar-refractivity contribution in [3.8, 4) is 0 Å². The molecule has 1 aromatic carbocycles.